The van der Waals surface area contributed by atoms with Crippen LogP contribution in [0, 0.1) is 13.8 Å². The van der Waals surface area contributed by atoms with Crippen molar-refractivity contribution in [2.24, 2.45) is 0 Å². The van der Waals surface area contributed by atoms with E-state index in [0.29, 0.717) is 24.5 Å². The van der Waals surface area contributed by atoms with Crippen LogP contribution < -0.4 is 0 Å². The number of aryl methyl sites for hydroxylation is 2. The molecule has 0 bridgehead atoms. The summed E-state index contributed by atoms with van der Waals surface area (Å²) < 4.78 is 37.6. The van der Waals surface area contributed by atoms with Crippen LogP contribution >= 0.6 is 0 Å². The molecule has 140 valence electrons. The van der Waals surface area contributed by atoms with E-state index in [1.165, 1.54) is 10.4 Å². The number of hydrogen-bond acceptors (Lipinski definition) is 7. The molecule has 0 radical (unpaired) electrons. The van der Waals surface area contributed by atoms with E-state index in [2.05, 4.69) is 10.2 Å². The Morgan fingerprint density at radius 3 is 2.58 bits per heavy atom. The number of aromatic nitrogens is 2. The minimum atomic E-state index is -3.63. The number of rotatable bonds is 5. The average molecular weight is 379 g/mol. The van der Waals surface area contributed by atoms with Gasteiger partial charge in [0.25, 0.3) is 5.89 Å². The maximum atomic E-state index is 12.9. The predicted octanol–water partition coefficient (Wildman–Crippen LogP) is 2.22. The van der Waals surface area contributed by atoms with Crippen LogP contribution in [0.1, 0.15) is 47.0 Å². The Balaban J connectivity index is 1.79. The van der Waals surface area contributed by atoms with Gasteiger partial charge in [-0.3, -0.25) is 0 Å². The minimum absolute atomic E-state index is 0.141. The van der Waals surface area contributed by atoms with Crippen LogP contribution in [0.2, 0.25) is 0 Å². The van der Waals surface area contributed by atoms with Gasteiger partial charge in [0.2, 0.25) is 15.9 Å². The molecule has 1 aliphatic heterocycles. The minimum Gasteiger partial charge on any atom is -0.452 e. The van der Waals surface area contributed by atoms with Crippen molar-refractivity contribution >= 4 is 16.0 Å². The first-order chi connectivity index (χ1) is 12.4. The molecule has 1 fully saturated rings. The van der Waals surface area contributed by atoms with Crippen LogP contribution in [0.3, 0.4) is 0 Å². The van der Waals surface area contributed by atoms with Crippen LogP contribution in [0.5, 0.6) is 0 Å². The lowest BCUT2D eigenvalue weighted by Crippen LogP contribution is -2.36. The van der Waals surface area contributed by atoms with Crippen LogP contribution in [0.25, 0.3) is 0 Å². The van der Waals surface area contributed by atoms with Gasteiger partial charge in [0.1, 0.15) is 0 Å². The van der Waals surface area contributed by atoms with E-state index in [4.69, 9.17) is 9.15 Å². The predicted molar refractivity (Wildman–Crippen MR) is 91.9 cm³/mol. The van der Waals surface area contributed by atoms with E-state index in [1.807, 2.05) is 0 Å². The summed E-state index contributed by atoms with van der Waals surface area (Å²) >= 11 is 0. The first kappa shape index (κ1) is 18.5. The SMILES string of the molecule is Cc1nnc(COC(=O)c2ccc(C)c(S(=O)(=O)N3CCCCC3)c2)o1. The molecule has 0 unspecified atom stereocenters. The Morgan fingerprint density at radius 2 is 1.92 bits per heavy atom. The number of carbonyl (C=O) groups is 1. The Hall–Kier alpha value is -2.26. The third-order valence-corrected chi connectivity index (χ3v) is 6.29. The lowest BCUT2D eigenvalue weighted by atomic mass is 10.1. The second-order valence-electron chi connectivity index (χ2n) is 6.24. The van der Waals surface area contributed by atoms with Gasteiger partial charge in [0, 0.05) is 20.0 Å². The monoisotopic (exact) mass is 379 g/mol. The number of nitrogens with zero attached hydrogens (tertiary/aromatic N) is 3. The van der Waals surface area contributed by atoms with E-state index in [9.17, 15) is 13.2 Å². The summed E-state index contributed by atoms with van der Waals surface area (Å²) in [7, 11) is -3.63. The summed E-state index contributed by atoms with van der Waals surface area (Å²) in [6.45, 7) is 4.20. The molecule has 9 heteroatoms. The Morgan fingerprint density at radius 1 is 1.19 bits per heavy atom. The van der Waals surface area contributed by atoms with Gasteiger partial charge in [-0.2, -0.15) is 4.31 Å². The van der Waals surface area contributed by atoms with Crippen molar-refractivity contribution in [2.45, 2.75) is 44.6 Å². The maximum absolute atomic E-state index is 12.9. The lowest BCUT2D eigenvalue weighted by Gasteiger charge is -2.26. The van der Waals surface area contributed by atoms with Crippen molar-refractivity contribution in [3.8, 4) is 0 Å². The highest BCUT2D eigenvalue weighted by molar-refractivity contribution is 7.89. The summed E-state index contributed by atoms with van der Waals surface area (Å²) in [6.07, 6.45) is 2.74. The van der Waals surface area contributed by atoms with Gasteiger partial charge < -0.3 is 9.15 Å². The standard InChI is InChI=1S/C17H21N3O5S/c1-12-6-7-14(17(21)24-11-16-19-18-13(2)25-16)10-15(12)26(22,23)20-8-4-3-5-9-20/h6-7,10H,3-5,8-9,11H2,1-2H3. The van der Waals surface area contributed by atoms with Gasteiger partial charge in [0.15, 0.2) is 6.61 Å². The lowest BCUT2D eigenvalue weighted by molar-refractivity contribution is 0.0436. The summed E-state index contributed by atoms with van der Waals surface area (Å²) in [6, 6.07) is 4.54. The average Bonchev–Trinajstić information content (AvgIpc) is 3.06. The van der Waals surface area contributed by atoms with Crippen molar-refractivity contribution < 1.29 is 22.4 Å². The molecule has 1 aromatic heterocycles. The number of sulfonamides is 1. The second kappa shape index (κ2) is 7.55. The molecule has 8 nitrogen and oxygen atoms in total. The van der Waals surface area contributed by atoms with Gasteiger partial charge in [-0.15, -0.1) is 10.2 Å². The molecule has 1 aliphatic rings. The first-order valence-electron chi connectivity index (χ1n) is 8.45. The molecule has 26 heavy (non-hydrogen) atoms. The van der Waals surface area contributed by atoms with E-state index in [1.54, 1.807) is 26.0 Å². The van der Waals surface area contributed by atoms with E-state index in [0.717, 1.165) is 19.3 Å². The zero-order valence-corrected chi connectivity index (χ0v) is 15.6. The summed E-state index contributed by atoms with van der Waals surface area (Å²) in [5.41, 5.74) is 0.766. The van der Waals surface area contributed by atoms with Crippen molar-refractivity contribution in [2.75, 3.05) is 13.1 Å². The molecule has 0 atom stereocenters. The van der Waals surface area contributed by atoms with Crippen LogP contribution in [-0.2, 0) is 21.4 Å². The van der Waals surface area contributed by atoms with Crippen molar-refractivity contribution in [1.29, 1.82) is 0 Å². The summed E-state index contributed by atoms with van der Waals surface area (Å²) in [5.74, 6) is -0.0821. The van der Waals surface area contributed by atoms with Gasteiger partial charge in [-0.1, -0.05) is 12.5 Å². The number of ether oxygens (including phenoxy) is 1. The highest BCUT2D eigenvalue weighted by Crippen LogP contribution is 2.24. The number of carbonyl (C=O) groups excluding carboxylic acids is 1. The molecule has 0 N–H and O–H groups in total. The molecule has 0 spiro atoms. The number of benzene rings is 1. The van der Waals surface area contributed by atoms with E-state index < -0.39 is 16.0 Å². The zero-order chi connectivity index (χ0) is 18.7. The van der Waals surface area contributed by atoms with Crippen molar-refractivity contribution in [3.63, 3.8) is 0 Å². The van der Waals surface area contributed by atoms with Gasteiger partial charge in [0.05, 0.1) is 10.5 Å². The molecule has 1 saturated heterocycles. The summed E-state index contributed by atoms with van der Waals surface area (Å²) in [5, 5.41) is 7.40. The number of piperidine rings is 1. The Kier molecular flexibility index (Phi) is 5.38. The quantitative estimate of drug-likeness (QED) is 0.734. The molecular weight excluding hydrogens is 358 g/mol. The molecule has 0 amide bonds. The normalized spacial score (nSPS) is 15.8. The van der Waals surface area contributed by atoms with E-state index in [-0.39, 0.29) is 23.0 Å². The third-order valence-electron chi connectivity index (χ3n) is 4.25. The topological polar surface area (TPSA) is 103 Å². The third kappa shape index (κ3) is 3.94. The van der Waals surface area contributed by atoms with Gasteiger partial charge in [-0.05, 0) is 37.5 Å². The second-order valence-corrected chi connectivity index (χ2v) is 8.14. The highest BCUT2D eigenvalue weighted by atomic mass is 32.2. The molecule has 0 saturated carbocycles. The Labute approximate surface area is 152 Å². The number of esters is 1. The van der Waals surface area contributed by atoms with Gasteiger partial charge >= 0.3 is 5.97 Å². The molecule has 3 rings (SSSR count). The maximum Gasteiger partial charge on any atom is 0.338 e. The Bertz CT molecular complexity index is 901. The highest BCUT2D eigenvalue weighted by Gasteiger charge is 2.28. The fourth-order valence-electron chi connectivity index (χ4n) is 2.86. The molecule has 0 aliphatic carbocycles. The fourth-order valence-corrected chi connectivity index (χ4v) is 4.62. The smallest absolute Gasteiger partial charge is 0.338 e. The van der Waals surface area contributed by atoms with Crippen LogP contribution in [-0.4, -0.2) is 42.0 Å². The van der Waals surface area contributed by atoms with Crippen molar-refractivity contribution in [3.05, 3.63) is 41.1 Å². The van der Waals surface area contributed by atoms with Crippen LogP contribution in [0.4, 0.5) is 0 Å². The first-order valence-corrected chi connectivity index (χ1v) is 9.89. The zero-order valence-electron chi connectivity index (χ0n) is 14.8. The molecule has 2 aromatic rings. The van der Waals surface area contributed by atoms with Crippen LogP contribution in [0.15, 0.2) is 27.5 Å². The molecular formula is C17H21N3O5S. The fraction of sp³-hybridized carbons (Fsp3) is 0.471. The largest absolute Gasteiger partial charge is 0.452 e. The molecule has 1 aromatic carbocycles. The summed E-state index contributed by atoms with van der Waals surface area (Å²) in [4.78, 5) is 12.4. The van der Waals surface area contributed by atoms with Crippen molar-refractivity contribution in [1.82, 2.24) is 14.5 Å². The van der Waals surface area contributed by atoms with Gasteiger partial charge in [-0.25, -0.2) is 13.2 Å². The number of hydrogen-bond donors (Lipinski definition) is 0. The molecule has 2 heterocycles. The van der Waals surface area contributed by atoms with E-state index >= 15 is 0 Å².